The standard InChI is InChI=1S/C7H14N2/c1-9(2)7-5-3-8-4-6(5)7/h5-8H,3-4H2,1-2H3/t5-,6-/m1/s1. The molecule has 2 rings (SSSR count). The SMILES string of the molecule is CN(C)C1[C@@H]2CNC[C@@H]12. The zero-order chi connectivity index (χ0) is 6.43. The lowest BCUT2D eigenvalue weighted by Crippen LogP contribution is -2.26. The van der Waals surface area contributed by atoms with E-state index in [0.717, 1.165) is 17.9 Å². The normalized spacial score (nSPS) is 47.7. The first kappa shape index (κ1) is 5.69. The lowest BCUT2D eigenvalue weighted by Gasteiger charge is -2.11. The molecule has 0 bridgehead atoms. The average Bonchev–Trinajstić information content (AvgIpc) is 2.30. The molecule has 0 aromatic heterocycles. The molecule has 2 heteroatoms. The van der Waals surface area contributed by atoms with E-state index in [1.807, 2.05) is 0 Å². The van der Waals surface area contributed by atoms with E-state index in [1.165, 1.54) is 13.1 Å². The van der Waals surface area contributed by atoms with E-state index in [9.17, 15) is 0 Å². The highest BCUT2D eigenvalue weighted by molar-refractivity contribution is 5.08. The number of nitrogens with zero attached hydrogens (tertiary/aromatic N) is 1. The molecule has 52 valence electrons. The van der Waals surface area contributed by atoms with Gasteiger partial charge in [-0.25, -0.2) is 0 Å². The summed E-state index contributed by atoms with van der Waals surface area (Å²) in [6, 6.07) is 0.909. The summed E-state index contributed by atoms with van der Waals surface area (Å²) in [7, 11) is 4.37. The summed E-state index contributed by atoms with van der Waals surface area (Å²) < 4.78 is 0. The summed E-state index contributed by atoms with van der Waals surface area (Å²) in [4.78, 5) is 2.36. The van der Waals surface area contributed by atoms with E-state index in [2.05, 4.69) is 24.3 Å². The van der Waals surface area contributed by atoms with Gasteiger partial charge in [-0.2, -0.15) is 0 Å². The second-order valence-corrected chi connectivity index (χ2v) is 3.44. The highest BCUT2D eigenvalue weighted by atomic mass is 15.2. The minimum absolute atomic E-state index is 0.909. The predicted molar refractivity (Wildman–Crippen MR) is 37.3 cm³/mol. The molecule has 0 amide bonds. The van der Waals surface area contributed by atoms with E-state index < -0.39 is 0 Å². The Labute approximate surface area is 56.2 Å². The zero-order valence-corrected chi connectivity index (χ0v) is 6.09. The topological polar surface area (TPSA) is 15.3 Å². The Morgan fingerprint density at radius 2 is 1.78 bits per heavy atom. The van der Waals surface area contributed by atoms with Gasteiger partial charge in [0.2, 0.25) is 0 Å². The summed E-state index contributed by atoms with van der Waals surface area (Å²) >= 11 is 0. The van der Waals surface area contributed by atoms with Crippen LogP contribution in [0.5, 0.6) is 0 Å². The van der Waals surface area contributed by atoms with Gasteiger partial charge in [0.15, 0.2) is 0 Å². The third-order valence-electron chi connectivity index (χ3n) is 2.64. The summed E-state index contributed by atoms with van der Waals surface area (Å²) in [5, 5.41) is 3.38. The molecule has 2 atom stereocenters. The Bertz CT molecular complexity index is 112. The predicted octanol–water partition coefficient (Wildman–Crippen LogP) is -0.234. The molecule has 1 N–H and O–H groups in total. The Kier molecular flexibility index (Phi) is 1.08. The van der Waals surface area contributed by atoms with Crippen LogP contribution in [-0.2, 0) is 0 Å². The number of fused-ring (bicyclic) bond motifs is 1. The molecular formula is C7H14N2. The molecule has 0 spiro atoms. The fraction of sp³-hybridized carbons (Fsp3) is 1.00. The van der Waals surface area contributed by atoms with Crippen molar-refractivity contribution in [3.05, 3.63) is 0 Å². The average molecular weight is 126 g/mol. The molecule has 0 aromatic rings. The van der Waals surface area contributed by atoms with Gasteiger partial charge in [0.1, 0.15) is 0 Å². The first-order chi connectivity index (χ1) is 4.30. The van der Waals surface area contributed by atoms with Gasteiger partial charge in [-0.3, -0.25) is 0 Å². The fourth-order valence-electron chi connectivity index (χ4n) is 2.15. The Balaban J connectivity index is 1.94. The van der Waals surface area contributed by atoms with Crippen LogP contribution in [0.15, 0.2) is 0 Å². The lowest BCUT2D eigenvalue weighted by atomic mass is 10.4. The molecule has 1 saturated heterocycles. The van der Waals surface area contributed by atoms with Gasteiger partial charge < -0.3 is 10.2 Å². The molecule has 1 saturated carbocycles. The van der Waals surface area contributed by atoms with Gasteiger partial charge in [-0.05, 0) is 39.0 Å². The van der Waals surface area contributed by atoms with Crippen molar-refractivity contribution in [3.63, 3.8) is 0 Å². The van der Waals surface area contributed by atoms with Gasteiger partial charge in [-0.15, -0.1) is 0 Å². The van der Waals surface area contributed by atoms with E-state index in [1.54, 1.807) is 0 Å². The van der Waals surface area contributed by atoms with Crippen LogP contribution in [0.4, 0.5) is 0 Å². The van der Waals surface area contributed by atoms with E-state index in [0.29, 0.717) is 0 Å². The zero-order valence-electron chi connectivity index (χ0n) is 6.09. The summed E-state index contributed by atoms with van der Waals surface area (Å²) in [6.45, 7) is 2.51. The van der Waals surface area contributed by atoms with E-state index >= 15 is 0 Å². The minimum Gasteiger partial charge on any atom is -0.316 e. The number of rotatable bonds is 1. The highest BCUT2D eigenvalue weighted by Crippen LogP contribution is 2.44. The van der Waals surface area contributed by atoms with Gasteiger partial charge in [0.25, 0.3) is 0 Å². The molecule has 0 unspecified atom stereocenters. The molecule has 1 aliphatic heterocycles. The molecule has 0 aromatic carbocycles. The van der Waals surface area contributed by atoms with Crippen LogP contribution in [0.3, 0.4) is 0 Å². The minimum atomic E-state index is 0.909. The van der Waals surface area contributed by atoms with Crippen molar-refractivity contribution in [3.8, 4) is 0 Å². The number of nitrogens with one attached hydrogen (secondary N) is 1. The van der Waals surface area contributed by atoms with Crippen molar-refractivity contribution in [1.29, 1.82) is 0 Å². The maximum atomic E-state index is 3.38. The second-order valence-electron chi connectivity index (χ2n) is 3.44. The van der Waals surface area contributed by atoms with Gasteiger partial charge in [0.05, 0.1) is 0 Å². The van der Waals surface area contributed by atoms with Crippen LogP contribution in [0.1, 0.15) is 0 Å². The third kappa shape index (κ3) is 0.700. The van der Waals surface area contributed by atoms with Crippen molar-refractivity contribution in [1.82, 2.24) is 10.2 Å². The van der Waals surface area contributed by atoms with Crippen LogP contribution in [-0.4, -0.2) is 38.1 Å². The quantitative estimate of drug-likeness (QED) is 0.522. The largest absolute Gasteiger partial charge is 0.316 e. The Morgan fingerprint density at radius 1 is 1.22 bits per heavy atom. The van der Waals surface area contributed by atoms with Gasteiger partial charge >= 0.3 is 0 Å². The maximum Gasteiger partial charge on any atom is 0.0177 e. The van der Waals surface area contributed by atoms with E-state index in [-0.39, 0.29) is 0 Å². The van der Waals surface area contributed by atoms with Gasteiger partial charge in [0, 0.05) is 6.04 Å². The van der Waals surface area contributed by atoms with Crippen molar-refractivity contribution in [2.75, 3.05) is 27.2 Å². The van der Waals surface area contributed by atoms with E-state index in [4.69, 9.17) is 0 Å². The Morgan fingerprint density at radius 3 is 2.11 bits per heavy atom. The van der Waals surface area contributed by atoms with Crippen LogP contribution in [0, 0.1) is 11.8 Å². The smallest absolute Gasteiger partial charge is 0.0177 e. The molecule has 2 aliphatic rings. The first-order valence-corrected chi connectivity index (χ1v) is 3.68. The fourth-order valence-corrected chi connectivity index (χ4v) is 2.15. The van der Waals surface area contributed by atoms with Crippen molar-refractivity contribution < 1.29 is 0 Å². The summed E-state index contributed by atoms with van der Waals surface area (Å²) in [6.07, 6.45) is 0. The molecular weight excluding hydrogens is 112 g/mol. The van der Waals surface area contributed by atoms with Crippen LogP contribution in [0.25, 0.3) is 0 Å². The third-order valence-corrected chi connectivity index (χ3v) is 2.64. The summed E-state index contributed by atoms with van der Waals surface area (Å²) in [5.41, 5.74) is 0. The number of piperidine rings is 1. The second kappa shape index (κ2) is 1.70. The van der Waals surface area contributed by atoms with Crippen LogP contribution in [0.2, 0.25) is 0 Å². The number of hydrogen-bond donors (Lipinski definition) is 1. The molecule has 1 heterocycles. The molecule has 2 fully saturated rings. The molecule has 1 aliphatic carbocycles. The van der Waals surface area contributed by atoms with Crippen LogP contribution < -0.4 is 5.32 Å². The highest BCUT2D eigenvalue weighted by Gasteiger charge is 2.53. The Hall–Kier alpha value is -0.0800. The monoisotopic (exact) mass is 126 g/mol. The first-order valence-electron chi connectivity index (χ1n) is 3.68. The molecule has 0 radical (unpaired) electrons. The molecule has 9 heavy (non-hydrogen) atoms. The number of hydrogen-bond acceptors (Lipinski definition) is 2. The lowest BCUT2D eigenvalue weighted by molar-refractivity contribution is 0.350. The maximum absolute atomic E-state index is 3.38. The van der Waals surface area contributed by atoms with Crippen LogP contribution >= 0.6 is 0 Å². The van der Waals surface area contributed by atoms with Crippen molar-refractivity contribution in [2.45, 2.75) is 6.04 Å². The van der Waals surface area contributed by atoms with Crippen molar-refractivity contribution >= 4 is 0 Å². The molecule has 2 nitrogen and oxygen atoms in total. The van der Waals surface area contributed by atoms with Crippen molar-refractivity contribution in [2.24, 2.45) is 11.8 Å². The van der Waals surface area contributed by atoms with Gasteiger partial charge in [-0.1, -0.05) is 0 Å². The summed E-state index contributed by atoms with van der Waals surface area (Å²) in [5.74, 6) is 1.97.